The van der Waals surface area contributed by atoms with Gasteiger partial charge in [0, 0.05) is 65.5 Å². The molecule has 0 saturated heterocycles. The van der Waals surface area contributed by atoms with Gasteiger partial charge in [0.15, 0.2) is 5.82 Å². The van der Waals surface area contributed by atoms with E-state index in [9.17, 15) is 9.90 Å². The fraction of sp³-hybridized carbons (Fsp3) is 0.129. The molecule has 0 bridgehead atoms. The first-order valence-electron chi connectivity index (χ1n) is 13.2. The molecule has 10 heteroatoms. The van der Waals surface area contributed by atoms with Crippen LogP contribution in [-0.2, 0) is 13.6 Å². The second-order valence-electron chi connectivity index (χ2n) is 10.2. The molecule has 0 spiro atoms. The van der Waals surface area contributed by atoms with E-state index in [-0.39, 0.29) is 11.8 Å². The van der Waals surface area contributed by atoms with E-state index in [0.717, 1.165) is 55.8 Å². The van der Waals surface area contributed by atoms with Gasteiger partial charge in [-0.1, -0.05) is 24.3 Å². The molecule has 3 N–H and O–H groups in total. The molecule has 0 fully saturated rings. The number of carbonyl (C=O) groups excluding carboxylic acids is 1. The maximum absolute atomic E-state index is 13.7. The Labute approximate surface area is 235 Å². The van der Waals surface area contributed by atoms with Gasteiger partial charge >= 0.3 is 0 Å². The molecule has 2 aromatic carbocycles. The summed E-state index contributed by atoms with van der Waals surface area (Å²) in [5, 5.41) is 18.2. The molecule has 0 atom stereocenters. The van der Waals surface area contributed by atoms with E-state index in [1.807, 2.05) is 75.6 Å². The van der Waals surface area contributed by atoms with Crippen LogP contribution >= 0.6 is 0 Å². The van der Waals surface area contributed by atoms with Gasteiger partial charge in [-0.05, 0) is 48.7 Å². The number of aromatic hydroxyl groups is 1. The Morgan fingerprint density at radius 2 is 1.80 bits per heavy atom. The number of aromatic nitrogens is 6. The van der Waals surface area contributed by atoms with Crippen molar-refractivity contribution in [1.29, 1.82) is 0 Å². The zero-order valence-corrected chi connectivity index (χ0v) is 22.7. The van der Waals surface area contributed by atoms with E-state index in [1.54, 1.807) is 28.0 Å². The summed E-state index contributed by atoms with van der Waals surface area (Å²) in [6.07, 6.45) is 5.35. The van der Waals surface area contributed by atoms with Crippen molar-refractivity contribution in [3.8, 4) is 28.3 Å². The minimum Gasteiger partial charge on any atom is -0.493 e. The molecule has 4 aromatic heterocycles. The Balaban J connectivity index is 1.26. The number of pyridine rings is 1. The van der Waals surface area contributed by atoms with Crippen LogP contribution in [0.15, 0.2) is 73.2 Å². The van der Waals surface area contributed by atoms with Crippen LogP contribution in [0.3, 0.4) is 0 Å². The highest BCUT2D eigenvalue weighted by Crippen LogP contribution is 2.40. The molecule has 0 saturated carbocycles. The number of H-pyrrole nitrogens is 1. The Morgan fingerprint density at radius 3 is 2.59 bits per heavy atom. The summed E-state index contributed by atoms with van der Waals surface area (Å²) in [7, 11) is 1.89. The molecule has 6 aromatic rings. The summed E-state index contributed by atoms with van der Waals surface area (Å²) < 4.78 is 1.79. The quantitative estimate of drug-likeness (QED) is 0.257. The maximum Gasteiger partial charge on any atom is 0.259 e. The molecule has 1 aliphatic rings. The molecule has 1 aliphatic heterocycles. The highest BCUT2D eigenvalue weighted by molar-refractivity contribution is 6.15. The number of rotatable bonds is 5. The van der Waals surface area contributed by atoms with Crippen LogP contribution in [0.1, 0.15) is 27.2 Å². The third-order valence-electron chi connectivity index (χ3n) is 7.59. The highest BCUT2D eigenvalue weighted by Gasteiger charge is 2.32. The molecular weight excluding hydrogens is 516 g/mol. The van der Waals surface area contributed by atoms with Crippen molar-refractivity contribution >= 4 is 34.3 Å². The number of hydrogen-bond acceptors (Lipinski definition) is 7. The zero-order chi connectivity index (χ0) is 28.2. The first-order chi connectivity index (χ1) is 19.9. The molecule has 0 radical (unpaired) electrons. The van der Waals surface area contributed by atoms with Crippen molar-refractivity contribution in [2.75, 3.05) is 10.2 Å². The smallest absolute Gasteiger partial charge is 0.259 e. The van der Waals surface area contributed by atoms with Crippen molar-refractivity contribution in [2.45, 2.75) is 20.4 Å². The van der Waals surface area contributed by atoms with Crippen molar-refractivity contribution in [1.82, 2.24) is 29.7 Å². The van der Waals surface area contributed by atoms with Gasteiger partial charge in [-0.3, -0.25) is 9.48 Å². The molecule has 202 valence electrons. The number of para-hydroxylation sites is 1. The Hall–Kier alpha value is -5.51. The largest absolute Gasteiger partial charge is 0.493 e. The van der Waals surface area contributed by atoms with E-state index in [0.29, 0.717) is 23.9 Å². The molecule has 5 heterocycles. The van der Waals surface area contributed by atoms with E-state index in [4.69, 9.17) is 4.98 Å². The van der Waals surface area contributed by atoms with Crippen molar-refractivity contribution in [3.63, 3.8) is 0 Å². The minimum atomic E-state index is -0.0624. The van der Waals surface area contributed by atoms with Gasteiger partial charge in [0.2, 0.25) is 11.8 Å². The third kappa shape index (κ3) is 4.08. The molecule has 1 amide bonds. The van der Waals surface area contributed by atoms with Crippen LogP contribution in [0.5, 0.6) is 5.88 Å². The summed E-state index contributed by atoms with van der Waals surface area (Å²) in [5.74, 6) is 1.03. The fourth-order valence-corrected chi connectivity index (χ4v) is 5.41. The minimum absolute atomic E-state index is 0.0399. The number of aryl methyl sites for hydroxylation is 3. The van der Waals surface area contributed by atoms with Crippen molar-refractivity contribution in [3.05, 3.63) is 95.6 Å². The van der Waals surface area contributed by atoms with E-state index >= 15 is 0 Å². The van der Waals surface area contributed by atoms with Crippen molar-refractivity contribution < 1.29 is 9.90 Å². The van der Waals surface area contributed by atoms with Gasteiger partial charge in [0.05, 0.1) is 23.4 Å². The number of amides is 1. The van der Waals surface area contributed by atoms with Gasteiger partial charge in [0.1, 0.15) is 0 Å². The molecular formula is C31H26N8O2. The second-order valence-corrected chi connectivity index (χ2v) is 10.2. The van der Waals surface area contributed by atoms with Crippen LogP contribution in [0, 0.1) is 13.8 Å². The molecule has 41 heavy (non-hydrogen) atoms. The first kappa shape index (κ1) is 24.5. The lowest BCUT2D eigenvalue weighted by molar-refractivity contribution is 0.0997. The predicted octanol–water partition coefficient (Wildman–Crippen LogP) is 5.65. The lowest BCUT2D eigenvalue weighted by atomic mass is 9.98. The second kappa shape index (κ2) is 9.30. The molecule has 10 nitrogen and oxygen atoms in total. The van der Waals surface area contributed by atoms with Gasteiger partial charge in [-0.15, -0.1) is 0 Å². The van der Waals surface area contributed by atoms with Crippen LogP contribution < -0.4 is 10.2 Å². The zero-order valence-electron chi connectivity index (χ0n) is 22.7. The Morgan fingerprint density at radius 1 is 0.976 bits per heavy atom. The number of nitrogens with one attached hydrogen (secondary N) is 2. The van der Waals surface area contributed by atoms with E-state index < -0.39 is 0 Å². The summed E-state index contributed by atoms with van der Waals surface area (Å²) in [5.41, 5.74) is 8.66. The summed E-state index contributed by atoms with van der Waals surface area (Å²) >= 11 is 0. The van der Waals surface area contributed by atoms with Crippen LogP contribution in [-0.4, -0.2) is 40.7 Å². The third-order valence-corrected chi connectivity index (χ3v) is 7.59. The summed E-state index contributed by atoms with van der Waals surface area (Å²) in [4.78, 5) is 32.2. The maximum atomic E-state index is 13.7. The van der Waals surface area contributed by atoms with Gasteiger partial charge in [-0.25, -0.2) is 15.0 Å². The number of nitrogens with zero attached hydrogens (tertiary/aromatic N) is 6. The van der Waals surface area contributed by atoms with Gasteiger partial charge < -0.3 is 20.3 Å². The predicted molar refractivity (Wildman–Crippen MR) is 157 cm³/mol. The van der Waals surface area contributed by atoms with Crippen LogP contribution in [0.4, 0.5) is 17.5 Å². The Bertz CT molecular complexity index is 1950. The lowest BCUT2D eigenvalue weighted by Crippen LogP contribution is -2.23. The van der Waals surface area contributed by atoms with Crippen LogP contribution in [0.25, 0.3) is 33.3 Å². The number of fused-ring (bicyclic) bond motifs is 2. The highest BCUT2D eigenvalue weighted by atomic mass is 16.3. The van der Waals surface area contributed by atoms with Crippen LogP contribution in [0.2, 0.25) is 0 Å². The number of anilines is 3. The monoisotopic (exact) mass is 542 g/mol. The lowest BCUT2D eigenvalue weighted by Gasteiger charge is -2.17. The Kier molecular flexibility index (Phi) is 5.56. The number of hydrogen-bond donors (Lipinski definition) is 3. The number of aromatic amines is 1. The van der Waals surface area contributed by atoms with E-state index in [2.05, 4.69) is 25.4 Å². The summed E-state index contributed by atoms with van der Waals surface area (Å²) in [6.45, 7) is 4.38. The normalized spacial score (nSPS) is 12.8. The SMILES string of the molecule is Cc1cnc(Nc2cc(C)n(C)n2)nc1-c1c[nH]c2c(N3Cc4c(cccc4-c4ccc(O)nc4)C3=O)cccc12. The molecule has 7 rings (SSSR count). The molecule has 0 aliphatic carbocycles. The number of carbonyl (C=O) groups is 1. The van der Waals surface area contributed by atoms with Gasteiger partial charge in [-0.2, -0.15) is 5.10 Å². The first-order valence-corrected chi connectivity index (χ1v) is 13.2. The fourth-order valence-electron chi connectivity index (χ4n) is 5.41. The molecule has 0 unspecified atom stereocenters. The summed E-state index contributed by atoms with van der Waals surface area (Å²) in [6, 6.07) is 17.0. The van der Waals surface area contributed by atoms with E-state index in [1.165, 1.54) is 0 Å². The van der Waals surface area contributed by atoms with Crippen molar-refractivity contribution in [2.24, 2.45) is 7.05 Å². The topological polar surface area (TPSA) is 125 Å². The average Bonchev–Trinajstić information content (AvgIpc) is 3.65. The van der Waals surface area contributed by atoms with Gasteiger partial charge in [0.25, 0.3) is 5.91 Å². The average molecular weight is 543 g/mol. The number of benzene rings is 2. The standard InChI is InChI=1S/C31H26N8O2/c1-17-13-34-31(35-26-12-18(2)38(3)37-26)36-28(17)23-15-33-29-21(23)7-5-9-25(29)39-16-24-20(6-4-8-22(24)30(39)41)19-10-11-27(40)32-14-19/h4-15,33H,16H2,1-3H3,(H,32,40)(H,34,35,36,37).